The summed E-state index contributed by atoms with van der Waals surface area (Å²) >= 11 is 7.49. The number of esters is 1. The number of hydrogen-bond acceptors (Lipinski definition) is 4. The Morgan fingerprint density at radius 3 is 2.44 bits per heavy atom. The first-order valence-corrected chi connectivity index (χ1v) is 9.42. The highest BCUT2D eigenvalue weighted by Crippen LogP contribution is 2.41. The number of Topliss-reactive ketones (excluding diaryl/α,β-unsaturated/α-hetero) is 1. The highest BCUT2D eigenvalue weighted by molar-refractivity contribution is 8.04. The lowest BCUT2D eigenvalue weighted by atomic mass is 10.1. The second-order valence-electron chi connectivity index (χ2n) is 5.84. The molecule has 0 N–H and O–H groups in total. The molecule has 3 aromatic rings. The molecule has 0 atom stereocenters. The lowest BCUT2D eigenvalue weighted by molar-refractivity contribution is 0.0734. The normalized spacial score (nSPS) is 14.3. The smallest absolute Gasteiger partial charge is 0.345 e. The van der Waals surface area contributed by atoms with Crippen LogP contribution in [0.4, 0.5) is 0 Å². The third-order valence-electron chi connectivity index (χ3n) is 4.08. The Morgan fingerprint density at radius 1 is 0.926 bits per heavy atom. The van der Waals surface area contributed by atoms with Crippen LogP contribution in [0, 0.1) is 0 Å². The van der Waals surface area contributed by atoms with Gasteiger partial charge in [0.25, 0.3) is 0 Å². The molecule has 0 saturated heterocycles. The molecule has 0 amide bonds. The molecular formula is C22H13ClO3S. The van der Waals surface area contributed by atoms with Crippen LogP contribution >= 0.6 is 23.4 Å². The maximum absolute atomic E-state index is 12.6. The first-order valence-electron chi connectivity index (χ1n) is 8.22. The van der Waals surface area contributed by atoms with Crippen molar-refractivity contribution in [2.75, 3.05) is 0 Å². The van der Waals surface area contributed by atoms with E-state index in [1.54, 1.807) is 48.5 Å². The van der Waals surface area contributed by atoms with Gasteiger partial charge < -0.3 is 4.74 Å². The summed E-state index contributed by atoms with van der Waals surface area (Å²) in [6.45, 7) is 0. The quantitative estimate of drug-likeness (QED) is 0.316. The van der Waals surface area contributed by atoms with E-state index in [0.29, 0.717) is 32.4 Å². The third kappa shape index (κ3) is 3.54. The van der Waals surface area contributed by atoms with Crippen LogP contribution < -0.4 is 4.74 Å². The van der Waals surface area contributed by atoms with Gasteiger partial charge in [-0.25, -0.2) is 4.79 Å². The van der Waals surface area contributed by atoms with Crippen molar-refractivity contribution < 1.29 is 14.3 Å². The Balaban J connectivity index is 1.64. The van der Waals surface area contributed by atoms with Crippen LogP contribution in [0.15, 0.2) is 82.6 Å². The monoisotopic (exact) mass is 392 g/mol. The molecule has 4 rings (SSSR count). The van der Waals surface area contributed by atoms with Gasteiger partial charge in [-0.2, -0.15) is 0 Å². The number of hydrogen-bond donors (Lipinski definition) is 0. The summed E-state index contributed by atoms with van der Waals surface area (Å²) in [5.41, 5.74) is 1.64. The maximum atomic E-state index is 12.6. The number of allylic oxidation sites excluding steroid dienone is 1. The Kier molecular flexibility index (Phi) is 4.84. The predicted octanol–water partition coefficient (Wildman–Crippen LogP) is 5.89. The van der Waals surface area contributed by atoms with Crippen molar-refractivity contribution in [3.63, 3.8) is 0 Å². The van der Waals surface area contributed by atoms with Crippen molar-refractivity contribution in [2.45, 2.75) is 4.90 Å². The van der Waals surface area contributed by atoms with E-state index in [-0.39, 0.29) is 5.78 Å². The third-order valence-corrected chi connectivity index (χ3v) is 5.51. The number of ether oxygens (including phenoxy) is 1. The number of thioether (sulfide) groups is 1. The van der Waals surface area contributed by atoms with Gasteiger partial charge >= 0.3 is 5.97 Å². The largest absolute Gasteiger partial charge is 0.422 e. The highest BCUT2D eigenvalue weighted by atomic mass is 35.5. The minimum Gasteiger partial charge on any atom is -0.422 e. The van der Waals surface area contributed by atoms with E-state index in [9.17, 15) is 9.59 Å². The van der Waals surface area contributed by atoms with Crippen molar-refractivity contribution >= 4 is 41.2 Å². The summed E-state index contributed by atoms with van der Waals surface area (Å²) in [6.07, 6.45) is 1.75. The number of carbonyl (C=O) groups excluding carboxylic acids is 2. The van der Waals surface area contributed by atoms with Gasteiger partial charge in [0, 0.05) is 16.0 Å². The standard InChI is InChI=1S/C22H13ClO3S/c23-17-10-4-2-8-15(17)22(25)26-18-11-5-1-7-14(18)13-20-21(24)16-9-3-6-12-19(16)27-20/h1-13H/b20-13-. The molecule has 0 bridgehead atoms. The van der Waals surface area contributed by atoms with Gasteiger partial charge in [0.15, 0.2) is 0 Å². The number of halogens is 1. The fraction of sp³-hybridized carbons (Fsp3) is 0. The molecule has 3 nitrogen and oxygen atoms in total. The van der Waals surface area contributed by atoms with Crippen LogP contribution in [0.3, 0.4) is 0 Å². The van der Waals surface area contributed by atoms with Crippen molar-refractivity contribution in [1.29, 1.82) is 0 Å². The number of carbonyl (C=O) groups is 2. The molecule has 0 spiro atoms. The zero-order chi connectivity index (χ0) is 18.8. The van der Waals surface area contributed by atoms with Gasteiger partial charge in [-0.1, -0.05) is 65.8 Å². The summed E-state index contributed by atoms with van der Waals surface area (Å²) in [5, 5.41) is 0.329. The molecule has 3 aromatic carbocycles. The number of ketones is 1. The molecule has 5 heteroatoms. The number of benzene rings is 3. The van der Waals surface area contributed by atoms with Crippen LogP contribution in [0.1, 0.15) is 26.3 Å². The van der Waals surface area contributed by atoms with E-state index in [1.165, 1.54) is 11.8 Å². The van der Waals surface area contributed by atoms with Crippen LogP contribution in [-0.4, -0.2) is 11.8 Å². The molecule has 1 aliphatic heterocycles. The molecule has 1 heterocycles. The lowest BCUT2D eigenvalue weighted by Crippen LogP contribution is -2.09. The Morgan fingerprint density at radius 2 is 1.63 bits per heavy atom. The summed E-state index contributed by atoms with van der Waals surface area (Å²) in [7, 11) is 0. The first kappa shape index (κ1) is 17.6. The predicted molar refractivity (Wildman–Crippen MR) is 107 cm³/mol. The molecule has 0 unspecified atom stereocenters. The van der Waals surface area contributed by atoms with E-state index in [4.69, 9.17) is 16.3 Å². The SMILES string of the molecule is O=C(Oc1ccccc1/C=C1\Sc2ccccc2C1=O)c1ccccc1Cl. The van der Waals surface area contributed by atoms with Gasteiger partial charge in [-0.15, -0.1) is 0 Å². The minimum atomic E-state index is -0.542. The average molecular weight is 393 g/mol. The van der Waals surface area contributed by atoms with E-state index in [0.717, 1.165) is 4.90 Å². The molecule has 27 heavy (non-hydrogen) atoms. The van der Waals surface area contributed by atoms with Gasteiger partial charge in [0.2, 0.25) is 5.78 Å². The zero-order valence-electron chi connectivity index (χ0n) is 14.0. The fourth-order valence-corrected chi connectivity index (χ4v) is 4.01. The summed E-state index contributed by atoms with van der Waals surface area (Å²) in [5.74, 6) is -0.192. The first-order chi connectivity index (χ1) is 13.1. The fourth-order valence-electron chi connectivity index (χ4n) is 2.75. The average Bonchev–Trinajstić information content (AvgIpc) is 2.99. The minimum absolute atomic E-state index is 0.0252. The van der Waals surface area contributed by atoms with Gasteiger partial charge in [0.1, 0.15) is 5.75 Å². The van der Waals surface area contributed by atoms with Crippen molar-refractivity contribution in [2.24, 2.45) is 0 Å². The van der Waals surface area contributed by atoms with Crippen molar-refractivity contribution in [3.05, 3.63) is 99.4 Å². The summed E-state index contributed by atoms with van der Waals surface area (Å²) in [4.78, 5) is 26.6. The molecule has 1 aliphatic rings. The van der Waals surface area contributed by atoms with Gasteiger partial charge in [-0.05, 0) is 36.4 Å². The van der Waals surface area contributed by atoms with Crippen molar-refractivity contribution in [3.8, 4) is 5.75 Å². The maximum Gasteiger partial charge on any atom is 0.345 e. The Hall–Kier alpha value is -2.82. The van der Waals surface area contributed by atoms with Crippen LogP contribution in [0.2, 0.25) is 5.02 Å². The number of rotatable bonds is 3. The van der Waals surface area contributed by atoms with Crippen LogP contribution in [-0.2, 0) is 0 Å². The molecule has 132 valence electrons. The number of fused-ring (bicyclic) bond motifs is 1. The van der Waals surface area contributed by atoms with Gasteiger partial charge in [-0.3, -0.25) is 4.79 Å². The lowest BCUT2D eigenvalue weighted by Gasteiger charge is -2.09. The topological polar surface area (TPSA) is 43.4 Å². The molecule has 0 fully saturated rings. The van der Waals surface area contributed by atoms with Crippen LogP contribution in [0.5, 0.6) is 5.75 Å². The van der Waals surface area contributed by atoms with E-state index >= 15 is 0 Å². The van der Waals surface area contributed by atoms with Crippen LogP contribution in [0.25, 0.3) is 6.08 Å². The van der Waals surface area contributed by atoms with Crippen molar-refractivity contribution in [1.82, 2.24) is 0 Å². The molecule has 0 radical (unpaired) electrons. The zero-order valence-corrected chi connectivity index (χ0v) is 15.6. The molecule has 0 aromatic heterocycles. The highest BCUT2D eigenvalue weighted by Gasteiger charge is 2.25. The summed E-state index contributed by atoms with van der Waals surface area (Å²) < 4.78 is 5.55. The summed E-state index contributed by atoms with van der Waals surface area (Å²) in [6, 6.07) is 21.3. The Bertz CT molecular complexity index is 1090. The van der Waals surface area contributed by atoms with E-state index < -0.39 is 5.97 Å². The Labute approximate surface area is 165 Å². The number of para-hydroxylation sites is 1. The molecule has 0 aliphatic carbocycles. The van der Waals surface area contributed by atoms with Gasteiger partial charge in [0.05, 0.1) is 15.5 Å². The van der Waals surface area contributed by atoms with E-state index in [1.807, 2.05) is 30.3 Å². The molecule has 0 saturated carbocycles. The second kappa shape index (κ2) is 7.43. The molecular weight excluding hydrogens is 380 g/mol. The van der Waals surface area contributed by atoms with E-state index in [2.05, 4.69) is 0 Å². The second-order valence-corrected chi connectivity index (χ2v) is 7.33.